The molecule has 0 saturated carbocycles. The first-order valence-electron chi connectivity index (χ1n) is 11.4. The molecular formula is C26H29ClN2O5. The van der Waals surface area contributed by atoms with E-state index in [1.807, 2.05) is 6.92 Å². The molecule has 7 nitrogen and oxygen atoms in total. The lowest BCUT2D eigenvalue weighted by atomic mass is 10.00. The molecule has 1 saturated heterocycles. The van der Waals surface area contributed by atoms with Crippen molar-refractivity contribution in [3.8, 4) is 11.3 Å². The van der Waals surface area contributed by atoms with Gasteiger partial charge in [-0.2, -0.15) is 0 Å². The van der Waals surface area contributed by atoms with Crippen LogP contribution in [0.15, 0.2) is 51.7 Å². The minimum Gasteiger partial charge on any atom is -0.478 e. The molecule has 180 valence electrons. The van der Waals surface area contributed by atoms with Gasteiger partial charge in [0.05, 0.1) is 17.5 Å². The number of carbonyl (C=O) groups excluding carboxylic acids is 1. The van der Waals surface area contributed by atoms with E-state index in [4.69, 9.17) is 9.52 Å². The Bertz CT molecular complexity index is 1230. The summed E-state index contributed by atoms with van der Waals surface area (Å²) in [6.07, 6.45) is 4.75. The zero-order valence-corrected chi connectivity index (χ0v) is 20.0. The topological polar surface area (TPSA) is 99.8 Å². The van der Waals surface area contributed by atoms with E-state index in [-0.39, 0.29) is 29.3 Å². The molecule has 2 aromatic carbocycles. The van der Waals surface area contributed by atoms with Gasteiger partial charge in [-0.15, -0.1) is 12.4 Å². The number of carbonyl (C=O) groups is 2. The fourth-order valence-corrected chi connectivity index (χ4v) is 4.30. The van der Waals surface area contributed by atoms with Crippen molar-refractivity contribution in [3.63, 3.8) is 0 Å². The molecule has 3 aromatic rings. The summed E-state index contributed by atoms with van der Waals surface area (Å²) in [5.41, 5.74) is 2.21. The van der Waals surface area contributed by atoms with Crippen LogP contribution in [0, 0.1) is 0 Å². The van der Waals surface area contributed by atoms with Crippen LogP contribution in [0.3, 0.4) is 0 Å². The molecule has 2 heterocycles. The number of likely N-dealkylation sites (tertiary alicyclic amines) is 1. The van der Waals surface area contributed by atoms with E-state index in [9.17, 15) is 14.4 Å². The Hall–Kier alpha value is -3.16. The molecule has 0 spiro atoms. The minimum atomic E-state index is -1.01. The van der Waals surface area contributed by atoms with Crippen molar-refractivity contribution < 1.29 is 19.1 Å². The zero-order valence-electron chi connectivity index (χ0n) is 19.1. The first-order chi connectivity index (χ1) is 16.0. The standard InChI is InChI=1S/C26H28N2O5.ClH/c1-2-6-21-24(30)20-12-11-19(27-23(29)16-28-13-4-3-5-14-28)15-22(20)33-25(21)17-7-9-18(10-8-17)26(31)32;/h7-12,15H,2-6,13-14,16H2,1H3,(H,27,29)(H,31,32);1H. The molecule has 0 atom stereocenters. The Morgan fingerprint density at radius 2 is 1.76 bits per heavy atom. The Morgan fingerprint density at radius 1 is 1.06 bits per heavy atom. The number of amides is 1. The van der Waals surface area contributed by atoms with Gasteiger partial charge in [-0.3, -0.25) is 14.5 Å². The predicted octanol–water partition coefficient (Wildman–Crippen LogP) is 4.96. The van der Waals surface area contributed by atoms with Gasteiger partial charge in [0.15, 0.2) is 5.43 Å². The summed E-state index contributed by atoms with van der Waals surface area (Å²) in [5.74, 6) is -0.672. The molecule has 1 aliphatic rings. The van der Waals surface area contributed by atoms with Gasteiger partial charge in [-0.25, -0.2) is 4.79 Å². The van der Waals surface area contributed by atoms with Crippen LogP contribution in [-0.2, 0) is 11.2 Å². The molecule has 0 bridgehead atoms. The number of rotatable bonds is 7. The van der Waals surface area contributed by atoms with Gasteiger partial charge in [0.1, 0.15) is 11.3 Å². The average Bonchev–Trinajstić information content (AvgIpc) is 2.81. The Balaban J connectivity index is 0.00000324. The first-order valence-corrected chi connectivity index (χ1v) is 11.4. The maximum absolute atomic E-state index is 13.2. The highest BCUT2D eigenvalue weighted by molar-refractivity contribution is 5.94. The van der Waals surface area contributed by atoms with Crippen molar-refractivity contribution in [3.05, 3.63) is 63.8 Å². The zero-order chi connectivity index (χ0) is 23.4. The second-order valence-corrected chi connectivity index (χ2v) is 8.47. The summed E-state index contributed by atoms with van der Waals surface area (Å²) < 4.78 is 6.18. The molecule has 1 amide bonds. The third-order valence-corrected chi connectivity index (χ3v) is 5.98. The third-order valence-electron chi connectivity index (χ3n) is 5.98. The molecule has 1 aliphatic heterocycles. The molecule has 4 rings (SSSR count). The van der Waals surface area contributed by atoms with Crippen molar-refractivity contribution >= 4 is 40.9 Å². The lowest BCUT2D eigenvalue weighted by Gasteiger charge is -2.25. The summed E-state index contributed by atoms with van der Waals surface area (Å²) in [6.45, 7) is 4.20. The smallest absolute Gasteiger partial charge is 0.335 e. The Kier molecular flexibility index (Phi) is 8.47. The predicted molar refractivity (Wildman–Crippen MR) is 135 cm³/mol. The summed E-state index contributed by atoms with van der Waals surface area (Å²) >= 11 is 0. The molecule has 1 fully saturated rings. The molecule has 0 aliphatic carbocycles. The van der Waals surface area contributed by atoms with Crippen LogP contribution < -0.4 is 10.7 Å². The quantitative estimate of drug-likeness (QED) is 0.491. The van der Waals surface area contributed by atoms with Crippen LogP contribution in [0.2, 0.25) is 0 Å². The Morgan fingerprint density at radius 3 is 2.41 bits per heavy atom. The first kappa shape index (κ1) is 25.5. The van der Waals surface area contributed by atoms with Crippen molar-refractivity contribution in [2.75, 3.05) is 25.0 Å². The van der Waals surface area contributed by atoms with E-state index in [0.717, 1.165) is 32.4 Å². The molecule has 0 radical (unpaired) electrons. The second kappa shape index (κ2) is 11.3. The summed E-state index contributed by atoms with van der Waals surface area (Å²) in [7, 11) is 0. The molecule has 0 unspecified atom stereocenters. The third kappa shape index (κ3) is 5.66. The largest absolute Gasteiger partial charge is 0.478 e. The average molecular weight is 485 g/mol. The van der Waals surface area contributed by atoms with Crippen LogP contribution >= 0.6 is 12.4 Å². The van der Waals surface area contributed by atoms with Crippen LogP contribution in [0.1, 0.15) is 48.5 Å². The highest BCUT2D eigenvalue weighted by Gasteiger charge is 2.18. The summed E-state index contributed by atoms with van der Waals surface area (Å²) in [6, 6.07) is 11.4. The van der Waals surface area contributed by atoms with Gasteiger partial charge in [-0.1, -0.05) is 31.9 Å². The SMILES string of the molecule is CCCc1c(-c2ccc(C(=O)O)cc2)oc2cc(NC(=O)CN3CCCCC3)ccc2c1=O.Cl. The highest BCUT2D eigenvalue weighted by atomic mass is 35.5. The van der Waals surface area contributed by atoms with Gasteiger partial charge in [0.2, 0.25) is 5.91 Å². The van der Waals surface area contributed by atoms with Gasteiger partial charge in [0.25, 0.3) is 0 Å². The van der Waals surface area contributed by atoms with Crippen LogP contribution in [-0.4, -0.2) is 41.5 Å². The van der Waals surface area contributed by atoms with Crippen molar-refractivity contribution in [1.29, 1.82) is 0 Å². The van der Waals surface area contributed by atoms with E-state index in [2.05, 4.69) is 10.2 Å². The monoisotopic (exact) mass is 484 g/mol. The summed E-state index contributed by atoms with van der Waals surface area (Å²) in [5, 5.41) is 12.5. The molecule has 34 heavy (non-hydrogen) atoms. The number of halogens is 1. The number of hydrogen-bond donors (Lipinski definition) is 2. The van der Waals surface area contributed by atoms with E-state index < -0.39 is 5.97 Å². The number of nitrogens with zero attached hydrogens (tertiary/aromatic N) is 1. The van der Waals surface area contributed by atoms with Crippen molar-refractivity contribution in [1.82, 2.24) is 4.90 Å². The Labute approximate surface area is 204 Å². The number of carboxylic acids is 1. The maximum Gasteiger partial charge on any atom is 0.335 e. The van der Waals surface area contributed by atoms with Gasteiger partial charge in [-0.05, 0) is 56.6 Å². The van der Waals surface area contributed by atoms with E-state index in [0.29, 0.717) is 46.5 Å². The number of anilines is 1. The highest BCUT2D eigenvalue weighted by Crippen LogP contribution is 2.28. The number of hydrogen-bond acceptors (Lipinski definition) is 5. The lowest BCUT2D eigenvalue weighted by molar-refractivity contribution is -0.117. The van der Waals surface area contributed by atoms with Gasteiger partial charge in [0, 0.05) is 22.9 Å². The van der Waals surface area contributed by atoms with E-state index >= 15 is 0 Å². The fraction of sp³-hybridized carbons (Fsp3) is 0.346. The van der Waals surface area contributed by atoms with Crippen LogP contribution in [0.5, 0.6) is 0 Å². The van der Waals surface area contributed by atoms with E-state index in [1.54, 1.807) is 30.3 Å². The maximum atomic E-state index is 13.2. The van der Waals surface area contributed by atoms with Crippen molar-refractivity contribution in [2.24, 2.45) is 0 Å². The molecular weight excluding hydrogens is 456 g/mol. The number of nitrogens with one attached hydrogen (secondary N) is 1. The number of piperidine rings is 1. The van der Waals surface area contributed by atoms with E-state index in [1.165, 1.54) is 18.6 Å². The van der Waals surface area contributed by atoms with Crippen molar-refractivity contribution in [2.45, 2.75) is 39.0 Å². The normalized spacial score (nSPS) is 13.9. The van der Waals surface area contributed by atoms with Crippen LogP contribution in [0.25, 0.3) is 22.3 Å². The lowest BCUT2D eigenvalue weighted by Crippen LogP contribution is -2.36. The van der Waals surface area contributed by atoms with Gasteiger partial charge >= 0.3 is 5.97 Å². The second-order valence-electron chi connectivity index (χ2n) is 8.47. The molecule has 8 heteroatoms. The minimum absolute atomic E-state index is 0. The number of aromatic carboxylic acids is 1. The number of benzene rings is 2. The summed E-state index contributed by atoms with van der Waals surface area (Å²) in [4.78, 5) is 39.1. The molecule has 1 aromatic heterocycles. The number of fused-ring (bicyclic) bond motifs is 1. The fourth-order valence-electron chi connectivity index (χ4n) is 4.30. The number of carboxylic acid groups (broad SMARTS) is 1. The van der Waals surface area contributed by atoms with Crippen LogP contribution in [0.4, 0.5) is 5.69 Å². The molecule has 2 N–H and O–H groups in total. The van der Waals surface area contributed by atoms with Gasteiger partial charge < -0.3 is 14.8 Å².